The van der Waals surface area contributed by atoms with E-state index in [1.165, 1.54) is 0 Å². The number of aliphatic hydroxyl groups excluding tert-OH is 1. The van der Waals surface area contributed by atoms with Crippen LogP contribution in [0.3, 0.4) is 0 Å². The second-order valence-corrected chi connectivity index (χ2v) is 7.22. The second-order valence-electron chi connectivity index (χ2n) is 7.22. The monoisotopic (exact) mass is 304 g/mol. The van der Waals surface area contributed by atoms with E-state index in [2.05, 4.69) is 25.7 Å². The minimum absolute atomic E-state index is 0.00828. The van der Waals surface area contributed by atoms with Gasteiger partial charge in [-0.2, -0.15) is 0 Å². The molecule has 1 saturated heterocycles. The van der Waals surface area contributed by atoms with Gasteiger partial charge in [0.2, 0.25) is 5.91 Å². The van der Waals surface area contributed by atoms with Gasteiger partial charge in [0, 0.05) is 37.8 Å². The fraction of sp³-hybridized carbons (Fsp3) is 0.611. The minimum atomic E-state index is 0.00828. The van der Waals surface area contributed by atoms with Crippen LogP contribution < -0.4 is 4.90 Å². The summed E-state index contributed by atoms with van der Waals surface area (Å²) in [6.07, 6.45) is 0. The molecule has 0 saturated carbocycles. The highest BCUT2D eigenvalue weighted by molar-refractivity contribution is 5.79. The molecule has 1 amide bonds. The molecule has 122 valence electrons. The first-order chi connectivity index (χ1) is 10.3. The van der Waals surface area contributed by atoms with Crippen molar-refractivity contribution in [1.29, 1.82) is 0 Å². The van der Waals surface area contributed by atoms with Crippen LogP contribution in [-0.2, 0) is 11.4 Å². The summed E-state index contributed by atoms with van der Waals surface area (Å²) in [6, 6.07) is 7.99. The number of carbonyl (C=O) groups excluding carboxylic acids is 1. The van der Waals surface area contributed by atoms with E-state index >= 15 is 0 Å². The molecule has 0 radical (unpaired) electrons. The maximum absolute atomic E-state index is 12.6. The number of hydrogen-bond donors (Lipinski definition) is 1. The van der Waals surface area contributed by atoms with Crippen molar-refractivity contribution in [3.63, 3.8) is 0 Å². The first-order valence-electron chi connectivity index (χ1n) is 8.06. The molecule has 1 aliphatic heterocycles. The van der Waals surface area contributed by atoms with Crippen LogP contribution >= 0.6 is 0 Å². The third-order valence-electron chi connectivity index (χ3n) is 4.74. The lowest BCUT2D eigenvalue weighted by Gasteiger charge is -2.39. The van der Waals surface area contributed by atoms with Gasteiger partial charge in [-0.05, 0) is 23.1 Å². The van der Waals surface area contributed by atoms with Crippen LogP contribution in [0.1, 0.15) is 33.3 Å². The van der Waals surface area contributed by atoms with Gasteiger partial charge in [0.25, 0.3) is 0 Å². The van der Waals surface area contributed by atoms with Gasteiger partial charge >= 0.3 is 0 Å². The molecule has 1 aromatic rings. The second kappa shape index (κ2) is 6.69. The summed E-state index contributed by atoms with van der Waals surface area (Å²) in [7, 11) is 0. The Morgan fingerprint density at radius 3 is 2.14 bits per heavy atom. The van der Waals surface area contributed by atoms with Crippen LogP contribution in [0.2, 0.25) is 0 Å². The van der Waals surface area contributed by atoms with E-state index in [1.807, 2.05) is 36.1 Å². The third kappa shape index (κ3) is 3.80. The van der Waals surface area contributed by atoms with Crippen molar-refractivity contribution in [3.8, 4) is 0 Å². The number of anilines is 1. The maximum atomic E-state index is 12.6. The van der Waals surface area contributed by atoms with E-state index in [4.69, 9.17) is 5.11 Å². The topological polar surface area (TPSA) is 43.8 Å². The van der Waals surface area contributed by atoms with Gasteiger partial charge in [-0.1, -0.05) is 39.8 Å². The summed E-state index contributed by atoms with van der Waals surface area (Å²) in [5, 5.41) is 9.09. The highest BCUT2D eigenvalue weighted by atomic mass is 16.3. The van der Waals surface area contributed by atoms with Crippen LogP contribution in [0.4, 0.5) is 5.69 Å². The Labute approximate surface area is 133 Å². The van der Waals surface area contributed by atoms with Crippen LogP contribution in [0.5, 0.6) is 0 Å². The predicted molar refractivity (Wildman–Crippen MR) is 89.8 cm³/mol. The SMILES string of the molecule is CC(C(=O)N1CCN(c2ccc(CO)cc2)CC1)C(C)(C)C. The zero-order valence-corrected chi connectivity index (χ0v) is 14.2. The lowest BCUT2D eigenvalue weighted by molar-refractivity contribution is -0.138. The molecule has 1 atom stereocenters. The fourth-order valence-corrected chi connectivity index (χ4v) is 2.64. The van der Waals surface area contributed by atoms with E-state index in [1.54, 1.807) is 0 Å². The smallest absolute Gasteiger partial charge is 0.226 e. The molecule has 0 spiro atoms. The maximum Gasteiger partial charge on any atom is 0.226 e. The molecule has 1 aliphatic rings. The van der Waals surface area contributed by atoms with E-state index in [0.717, 1.165) is 37.4 Å². The first-order valence-corrected chi connectivity index (χ1v) is 8.06. The van der Waals surface area contributed by atoms with E-state index < -0.39 is 0 Å². The molecule has 1 fully saturated rings. The fourth-order valence-electron chi connectivity index (χ4n) is 2.64. The predicted octanol–water partition coefficient (Wildman–Crippen LogP) is 2.51. The Kier molecular flexibility index (Phi) is 5.12. The van der Waals surface area contributed by atoms with E-state index in [9.17, 15) is 4.79 Å². The van der Waals surface area contributed by atoms with Crippen molar-refractivity contribution in [2.75, 3.05) is 31.1 Å². The Morgan fingerprint density at radius 2 is 1.68 bits per heavy atom. The summed E-state index contributed by atoms with van der Waals surface area (Å²) < 4.78 is 0. The number of aliphatic hydroxyl groups is 1. The van der Waals surface area contributed by atoms with Crippen LogP contribution in [0.15, 0.2) is 24.3 Å². The van der Waals surface area contributed by atoms with Crippen molar-refractivity contribution >= 4 is 11.6 Å². The number of amides is 1. The number of nitrogens with zero attached hydrogens (tertiary/aromatic N) is 2. The normalized spacial score (nSPS) is 17.5. The Bertz CT molecular complexity index is 497. The summed E-state index contributed by atoms with van der Waals surface area (Å²) in [5.41, 5.74) is 2.10. The molecule has 4 nitrogen and oxygen atoms in total. The number of benzene rings is 1. The van der Waals surface area contributed by atoms with E-state index in [0.29, 0.717) is 0 Å². The number of rotatable bonds is 3. The molecular formula is C18H28N2O2. The molecule has 1 unspecified atom stereocenters. The van der Waals surface area contributed by atoms with Gasteiger partial charge in [-0.3, -0.25) is 4.79 Å². The van der Waals surface area contributed by atoms with Crippen molar-refractivity contribution in [2.24, 2.45) is 11.3 Å². The summed E-state index contributed by atoms with van der Waals surface area (Å²) >= 11 is 0. The number of hydrogen-bond acceptors (Lipinski definition) is 3. The van der Waals surface area contributed by atoms with Gasteiger partial charge in [0.15, 0.2) is 0 Å². The molecule has 2 rings (SSSR count). The molecule has 0 aliphatic carbocycles. The molecule has 4 heteroatoms. The zero-order valence-electron chi connectivity index (χ0n) is 14.2. The molecular weight excluding hydrogens is 276 g/mol. The molecule has 1 N–H and O–H groups in total. The van der Waals surface area contributed by atoms with Crippen LogP contribution in [0.25, 0.3) is 0 Å². The van der Waals surface area contributed by atoms with Crippen LogP contribution in [-0.4, -0.2) is 42.1 Å². The lowest BCUT2D eigenvalue weighted by Crippen LogP contribution is -2.51. The van der Waals surface area contributed by atoms with Gasteiger partial charge in [-0.15, -0.1) is 0 Å². The molecule has 0 aromatic heterocycles. The largest absolute Gasteiger partial charge is 0.392 e. The summed E-state index contributed by atoms with van der Waals surface area (Å²) in [6.45, 7) is 11.7. The summed E-state index contributed by atoms with van der Waals surface area (Å²) in [5.74, 6) is 0.311. The van der Waals surface area contributed by atoms with E-state index in [-0.39, 0.29) is 23.8 Å². The highest BCUT2D eigenvalue weighted by Gasteiger charge is 2.31. The van der Waals surface area contributed by atoms with Crippen molar-refractivity contribution in [1.82, 2.24) is 4.90 Å². The van der Waals surface area contributed by atoms with Crippen molar-refractivity contribution in [3.05, 3.63) is 29.8 Å². The first kappa shape index (κ1) is 16.8. The summed E-state index contributed by atoms with van der Waals surface area (Å²) in [4.78, 5) is 16.8. The van der Waals surface area contributed by atoms with Gasteiger partial charge in [0.1, 0.15) is 0 Å². The number of carbonyl (C=O) groups is 1. The third-order valence-corrected chi connectivity index (χ3v) is 4.74. The Balaban J connectivity index is 1.93. The molecule has 0 bridgehead atoms. The highest BCUT2D eigenvalue weighted by Crippen LogP contribution is 2.27. The lowest BCUT2D eigenvalue weighted by atomic mass is 9.81. The molecule has 1 aromatic carbocycles. The van der Waals surface area contributed by atoms with Gasteiger partial charge in [0.05, 0.1) is 6.61 Å². The average molecular weight is 304 g/mol. The number of piperazine rings is 1. The molecule has 1 heterocycles. The quantitative estimate of drug-likeness (QED) is 0.933. The Hall–Kier alpha value is -1.55. The van der Waals surface area contributed by atoms with Crippen molar-refractivity contribution < 1.29 is 9.90 Å². The van der Waals surface area contributed by atoms with Crippen molar-refractivity contribution in [2.45, 2.75) is 34.3 Å². The minimum Gasteiger partial charge on any atom is -0.392 e. The van der Waals surface area contributed by atoms with Crippen LogP contribution in [0, 0.1) is 11.3 Å². The van der Waals surface area contributed by atoms with Gasteiger partial charge < -0.3 is 14.9 Å². The zero-order chi connectivity index (χ0) is 16.3. The standard InChI is InChI=1S/C18H28N2O2/c1-14(18(2,3)4)17(22)20-11-9-19(10-12-20)16-7-5-15(13-21)6-8-16/h5-8,14,21H,9-13H2,1-4H3. The Morgan fingerprint density at radius 1 is 1.14 bits per heavy atom. The van der Waals surface area contributed by atoms with Gasteiger partial charge in [-0.25, -0.2) is 0 Å². The average Bonchev–Trinajstić information content (AvgIpc) is 2.53. The molecule has 22 heavy (non-hydrogen) atoms.